The second-order valence-corrected chi connectivity index (χ2v) is 12.3. The summed E-state index contributed by atoms with van der Waals surface area (Å²) in [5.41, 5.74) is 1.48. The van der Waals surface area contributed by atoms with E-state index >= 15 is 0 Å². The van der Waals surface area contributed by atoms with Gasteiger partial charge in [0.05, 0.1) is 49.0 Å². The van der Waals surface area contributed by atoms with Crippen LogP contribution in [0.25, 0.3) is 27.8 Å². The van der Waals surface area contributed by atoms with Gasteiger partial charge >= 0.3 is 0 Å². The monoisotopic (exact) mass is 595 g/mol. The lowest BCUT2D eigenvalue weighted by molar-refractivity contribution is 0.122. The Morgan fingerprint density at radius 1 is 1.12 bits per heavy atom. The molecule has 5 heterocycles. The topological polar surface area (TPSA) is 108 Å². The van der Waals surface area contributed by atoms with E-state index in [-0.39, 0.29) is 11.9 Å². The molecule has 40 heavy (non-hydrogen) atoms. The van der Waals surface area contributed by atoms with Crippen molar-refractivity contribution in [2.24, 2.45) is 0 Å². The number of ether oxygens (including phenoxy) is 2. The van der Waals surface area contributed by atoms with Crippen molar-refractivity contribution < 1.29 is 26.7 Å². The molecule has 0 saturated carbocycles. The van der Waals surface area contributed by atoms with Gasteiger partial charge in [-0.15, -0.1) is 11.6 Å². The summed E-state index contributed by atoms with van der Waals surface area (Å²) in [4.78, 5) is 11.2. The van der Waals surface area contributed by atoms with E-state index in [4.69, 9.17) is 26.1 Å². The Kier molecular flexibility index (Phi) is 7.27. The number of morpholine rings is 1. The van der Waals surface area contributed by atoms with Crippen molar-refractivity contribution in [2.75, 3.05) is 56.6 Å². The van der Waals surface area contributed by atoms with E-state index in [1.807, 2.05) is 4.68 Å². The minimum Gasteiger partial charge on any atom is -0.494 e. The van der Waals surface area contributed by atoms with Crippen LogP contribution in [0.15, 0.2) is 30.5 Å². The van der Waals surface area contributed by atoms with E-state index < -0.39 is 27.5 Å². The van der Waals surface area contributed by atoms with E-state index in [9.17, 15) is 17.2 Å². The highest BCUT2D eigenvalue weighted by atomic mass is 35.5. The third-order valence-corrected chi connectivity index (χ3v) is 9.75. The standard InChI is InChI=1S/C25H28ClF2N7O4S/c1-38-20-4-2-3-18-22(20)31-25(23(27)28)34(18)21-13-19-17(24(30-21)32-9-11-39-12-10-32)14-29-35(19)16-5-7-33(8-6-16)40(36,37)15-26/h2-4,13-14,16,23H,5-12,15H2,1H3. The van der Waals surface area contributed by atoms with Crippen molar-refractivity contribution >= 4 is 49.4 Å². The number of piperidine rings is 1. The number of anilines is 1. The Labute approximate surface area is 234 Å². The molecule has 2 aliphatic rings. The van der Waals surface area contributed by atoms with Gasteiger partial charge in [0, 0.05) is 32.2 Å². The van der Waals surface area contributed by atoms with Gasteiger partial charge in [0.15, 0.2) is 5.82 Å². The lowest BCUT2D eigenvalue weighted by atomic mass is 10.1. The van der Waals surface area contributed by atoms with Crippen molar-refractivity contribution in [3.63, 3.8) is 0 Å². The fraction of sp³-hybridized carbons (Fsp3) is 0.480. The van der Waals surface area contributed by atoms with Gasteiger partial charge in [-0.3, -0.25) is 9.25 Å². The van der Waals surface area contributed by atoms with Crippen molar-refractivity contribution in [2.45, 2.75) is 25.3 Å². The first-order valence-electron chi connectivity index (χ1n) is 12.9. The quantitative estimate of drug-likeness (QED) is 0.298. The summed E-state index contributed by atoms with van der Waals surface area (Å²) in [5.74, 6) is 0.847. The zero-order valence-electron chi connectivity index (χ0n) is 21.7. The Balaban J connectivity index is 1.51. The first-order valence-corrected chi connectivity index (χ1v) is 15.1. The molecule has 11 nitrogen and oxygen atoms in total. The number of aromatic nitrogens is 5. The van der Waals surface area contributed by atoms with Crippen LogP contribution in [0.4, 0.5) is 14.6 Å². The maximum atomic E-state index is 14.4. The van der Waals surface area contributed by atoms with Crippen LogP contribution >= 0.6 is 11.6 Å². The summed E-state index contributed by atoms with van der Waals surface area (Å²) in [6, 6.07) is 6.77. The molecule has 0 unspecified atom stereocenters. The Hall–Kier alpha value is -3.07. The number of sulfonamides is 1. The number of imidazole rings is 1. The SMILES string of the molecule is COc1cccc2c1nc(C(F)F)n2-c1cc2c(cnn2C2CCN(S(=O)(=O)CCl)CC2)c(N2CCOCC2)n1. The predicted molar refractivity (Wildman–Crippen MR) is 146 cm³/mol. The van der Waals surface area contributed by atoms with Gasteiger partial charge in [-0.2, -0.15) is 5.10 Å². The van der Waals surface area contributed by atoms with Crippen LogP contribution in [0.1, 0.15) is 31.1 Å². The average Bonchev–Trinajstić information content (AvgIpc) is 3.59. The van der Waals surface area contributed by atoms with E-state index in [0.29, 0.717) is 74.8 Å². The number of alkyl halides is 3. The fourth-order valence-corrected chi connectivity index (χ4v) is 6.83. The third-order valence-electron chi connectivity index (χ3n) is 7.49. The zero-order valence-corrected chi connectivity index (χ0v) is 23.3. The number of nitrogens with zero attached hydrogens (tertiary/aromatic N) is 7. The van der Waals surface area contributed by atoms with Gasteiger partial charge in [-0.05, 0) is 25.0 Å². The van der Waals surface area contributed by atoms with E-state index in [0.717, 1.165) is 10.9 Å². The molecule has 0 atom stereocenters. The van der Waals surface area contributed by atoms with Crippen LogP contribution in [0.5, 0.6) is 5.75 Å². The molecular formula is C25H28ClF2N7O4S. The molecule has 0 bridgehead atoms. The molecule has 4 aromatic rings. The molecule has 0 amide bonds. The molecular weight excluding hydrogens is 568 g/mol. The molecule has 2 aliphatic heterocycles. The van der Waals surface area contributed by atoms with E-state index in [1.54, 1.807) is 30.5 Å². The number of hydrogen-bond donors (Lipinski definition) is 0. The van der Waals surface area contributed by atoms with Crippen LogP contribution in [-0.4, -0.2) is 88.8 Å². The summed E-state index contributed by atoms with van der Waals surface area (Å²) in [5, 5.41) is 5.00. The highest BCUT2D eigenvalue weighted by Crippen LogP contribution is 2.36. The molecule has 0 N–H and O–H groups in total. The van der Waals surface area contributed by atoms with Gasteiger partial charge in [0.2, 0.25) is 10.0 Å². The van der Waals surface area contributed by atoms with Crippen LogP contribution in [0.2, 0.25) is 0 Å². The van der Waals surface area contributed by atoms with Crippen molar-refractivity contribution in [3.05, 3.63) is 36.3 Å². The van der Waals surface area contributed by atoms with Crippen LogP contribution < -0.4 is 9.64 Å². The molecule has 2 fully saturated rings. The van der Waals surface area contributed by atoms with Crippen LogP contribution in [0.3, 0.4) is 0 Å². The number of para-hydroxylation sites is 1. The number of fused-ring (bicyclic) bond motifs is 2. The third kappa shape index (κ3) is 4.66. The molecule has 0 spiro atoms. The Morgan fingerprint density at radius 2 is 1.88 bits per heavy atom. The van der Waals surface area contributed by atoms with Crippen LogP contribution in [-0.2, 0) is 14.8 Å². The van der Waals surface area contributed by atoms with Crippen molar-refractivity contribution in [3.8, 4) is 11.6 Å². The average molecular weight is 596 g/mol. The summed E-state index contributed by atoms with van der Waals surface area (Å²) in [6.45, 7) is 2.84. The fourth-order valence-electron chi connectivity index (χ4n) is 5.51. The second kappa shape index (κ2) is 10.7. The number of rotatable bonds is 7. The van der Waals surface area contributed by atoms with Gasteiger partial charge in [-0.25, -0.2) is 31.5 Å². The molecule has 6 rings (SSSR count). The first-order chi connectivity index (χ1) is 19.3. The largest absolute Gasteiger partial charge is 0.494 e. The number of benzene rings is 1. The van der Waals surface area contributed by atoms with Gasteiger partial charge in [0.25, 0.3) is 6.43 Å². The van der Waals surface area contributed by atoms with Crippen molar-refractivity contribution in [1.82, 2.24) is 28.6 Å². The summed E-state index contributed by atoms with van der Waals surface area (Å²) in [7, 11) is -2.03. The minimum atomic E-state index is -3.50. The van der Waals surface area contributed by atoms with Gasteiger partial charge in [-0.1, -0.05) is 6.07 Å². The van der Waals surface area contributed by atoms with Crippen molar-refractivity contribution in [1.29, 1.82) is 0 Å². The molecule has 0 radical (unpaired) electrons. The Morgan fingerprint density at radius 3 is 2.55 bits per heavy atom. The molecule has 2 saturated heterocycles. The number of pyridine rings is 1. The smallest absolute Gasteiger partial charge is 0.296 e. The minimum absolute atomic E-state index is 0.0961. The lowest BCUT2D eigenvalue weighted by Crippen LogP contribution is -2.39. The summed E-state index contributed by atoms with van der Waals surface area (Å²) >= 11 is 5.66. The maximum absolute atomic E-state index is 14.4. The van der Waals surface area contributed by atoms with Crippen LogP contribution in [0, 0.1) is 0 Å². The number of halogens is 3. The molecule has 0 aliphatic carbocycles. The lowest BCUT2D eigenvalue weighted by Gasteiger charge is -2.31. The maximum Gasteiger partial charge on any atom is 0.296 e. The number of hydrogen-bond acceptors (Lipinski definition) is 8. The molecule has 1 aromatic carbocycles. The van der Waals surface area contributed by atoms with E-state index in [2.05, 4.69) is 15.0 Å². The first kappa shape index (κ1) is 27.1. The summed E-state index contributed by atoms with van der Waals surface area (Å²) < 4.78 is 68.8. The highest BCUT2D eigenvalue weighted by Gasteiger charge is 2.31. The molecule has 3 aromatic heterocycles. The summed E-state index contributed by atoms with van der Waals surface area (Å²) in [6.07, 6.45) is -0.0582. The molecule has 15 heteroatoms. The normalized spacial score (nSPS) is 17.9. The molecule has 214 valence electrons. The van der Waals surface area contributed by atoms with Gasteiger partial charge in [0.1, 0.15) is 28.1 Å². The zero-order chi connectivity index (χ0) is 28.0. The Bertz CT molecular complexity index is 1650. The van der Waals surface area contributed by atoms with E-state index in [1.165, 1.54) is 16.0 Å². The number of methoxy groups -OCH3 is 1. The highest BCUT2D eigenvalue weighted by molar-refractivity contribution is 7.90. The second-order valence-electron chi connectivity index (χ2n) is 9.71. The predicted octanol–water partition coefficient (Wildman–Crippen LogP) is 3.72. The van der Waals surface area contributed by atoms with Gasteiger partial charge < -0.3 is 14.4 Å².